The van der Waals surface area contributed by atoms with Crippen LogP contribution >= 0.6 is 0 Å². The zero-order valence-electron chi connectivity index (χ0n) is 9.53. The van der Waals surface area contributed by atoms with Gasteiger partial charge in [-0.1, -0.05) is 12.1 Å². The lowest BCUT2D eigenvalue weighted by Crippen LogP contribution is -2.14. The van der Waals surface area contributed by atoms with Crippen molar-refractivity contribution in [2.45, 2.75) is 6.92 Å². The fraction of sp³-hybridized carbons (Fsp3) is 0.167. The zero-order chi connectivity index (χ0) is 12.1. The van der Waals surface area contributed by atoms with Gasteiger partial charge in [0.1, 0.15) is 5.82 Å². The van der Waals surface area contributed by atoms with Crippen molar-refractivity contribution in [2.24, 2.45) is 0 Å². The summed E-state index contributed by atoms with van der Waals surface area (Å²) in [7, 11) is 0. The molecular weight excluding hydrogens is 216 g/mol. The van der Waals surface area contributed by atoms with Crippen LogP contribution in [0, 0.1) is 0 Å². The van der Waals surface area contributed by atoms with Gasteiger partial charge in [-0.3, -0.25) is 9.89 Å². The fourth-order valence-electron chi connectivity index (χ4n) is 1.54. The van der Waals surface area contributed by atoms with Crippen molar-refractivity contribution in [3.63, 3.8) is 0 Å². The van der Waals surface area contributed by atoms with E-state index in [4.69, 9.17) is 0 Å². The fourth-order valence-corrected chi connectivity index (χ4v) is 1.54. The third kappa shape index (κ3) is 2.63. The second-order valence-electron chi connectivity index (χ2n) is 3.50. The Kier molecular flexibility index (Phi) is 3.40. The molecule has 0 fully saturated rings. The molecule has 17 heavy (non-hydrogen) atoms. The lowest BCUT2D eigenvalue weighted by atomic mass is 10.1. The third-order valence-corrected chi connectivity index (χ3v) is 2.29. The summed E-state index contributed by atoms with van der Waals surface area (Å²) in [4.78, 5) is 12.0. The number of carbonyl (C=O) groups excluding carboxylic acids is 1. The number of carbonyl (C=O) groups is 1. The number of hydrogen-bond donors (Lipinski definition) is 3. The lowest BCUT2D eigenvalue weighted by molar-refractivity contribution is 0.102. The Morgan fingerprint density at radius 3 is 2.88 bits per heavy atom. The summed E-state index contributed by atoms with van der Waals surface area (Å²) in [6.07, 6.45) is 1.59. The number of para-hydroxylation sites is 1. The molecule has 2 rings (SSSR count). The molecule has 88 valence electrons. The molecule has 5 nitrogen and oxygen atoms in total. The molecule has 0 saturated carbocycles. The van der Waals surface area contributed by atoms with Crippen molar-refractivity contribution in [3.05, 3.63) is 42.1 Å². The van der Waals surface area contributed by atoms with E-state index in [2.05, 4.69) is 20.8 Å². The van der Waals surface area contributed by atoms with Crippen molar-refractivity contribution < 1.29 is 4.79 Å². The van der Waals surface area contributed by atoms with E-state index in [9.17, 15) is 4.79 Å². The molecular formula is C12H14N4O. The largest absolute Gasteiger partial charge is 0.385 e. The predicted octanol–water partition coefficient (Wildman–Crippen LogP) is 2.09. The van der Waals surface area contributed by atoms with Gasteiger partial charge in [-0.25, -0.2) is 0 Å². The number of anilines is 2. The van der Waals surface area contributed by atoms with Gasteiger partial charge in [0.25, 0.3) is 5.91 Å². The quantitative estimate of drug-likeness (QED) is 0.753. The molecule has 1 aromatic heterocycles. The highest BCUT2D eigenvalue weighted by molar-refractivity contribution is 6.07. The minimum atomic E-state index is -0.161. The normalized spacial score (nSPS) is 9.94. The number of rotatable bonds is 4. The van der Waals surface area contributed by atoms with Gasteiger partial charge in [0.05, 0.1) is 11.8 Å². The van der Waals surface area contributed by atoms with Gasteiger partial charge in [0.2, 0.25) is 0 Å². The van der Waals surface area contributed by atoms with Crippen molar-refractivity contribution in [1.29, 1.82) is 0 Å². The van der Waals surface area contributed by atoms with Crippen LogP contribution in [0.3, 0.4) is 0 Å². The van der Waals surface area contributed by atoms with Gasteiger partial charge >= 0.3 is 0 Å². The van der Waals surface area contributed by atoms with Crippen molar-refractivity contribution in [2.75, 3.05) is 17.2 Å². The minimum absolute atomic E-state index is 0.161. The first-order valence-corrected chi connectivity index (χ1v) is 5.45. The molecule has 0 aliphatic heterocycles. The summed E-state index contributed by atoms with van der Waals surface area (Å²) in [5.74, 6) is 0.423. The Labute approximate surface area is 99.2 Å². The van der Waals surface area contributed by atoms with Crippen LogP contribution in [0.5, 0.6) is 0 Å². The molecule has 2 aromatic rings. The maximum atomic E-state index is 12.0. The second kappa shape index (κ2) is 5.16. The van der Waals surface area contributed by atoms with E-state index in [1.54, 1.807) is 18.3 Å². The van der Waals surface area contributed by atoms with Crippen LogP contribution in [-0.4, -0.2) is 22.6 Å². The van der Waals surface area contributed by atoms with E-state index in [0.29, 0.717) is 11.4 Å². The number of hydrogen-bond acceptors (Lipinski definition) is 3. The summed E-state index contributed by atoms with van der Waals surface area (Å²) < 4.78 is 0. The molecule has 0 saturated heterocycles. The Hall–Kier alpha value is -2.30. The smallest absolute Gasteiger partial charge is 0.258 e. The van der Waals surface area contributed by atoms with E-state index in [1.165, 1.54) is 0 Å². The summed E-state index contributed by atoms with van der Waals surface area (Å²) in [6, 6.07) is 9.09. The van der Waals surface area contributed by atoms with Crippen LogP contribution < -0.4 is 10.6 Å². The number of amides is 1. The molecule has 1 amide bonds. The number of aromatic amines is 1. The van der Waals surface area contributed by atoms with Crippen LogP contribution in [0.25, 0.3) is 0 Å². The molecule has 0 bridgehead atoms. The van der Waals surface area contributed by atoms with Crippen LogP contribution in [0.15, 0.2) is 36.5 Å². The summed E-state index contributed by atoms with van der Waals surface area (Å²) in [6.45, 7) is 2.76. The average molecular weight is 230 g/mol. The molecule has 0 aliphatic rings. The van der Waals surface area contributed by atoms with E-state index in [-0.39, 0.29) is 5.91 Å². The second-order valence-corrected chi connectivity index (χ2v) is 3.50. The van der Waals surface area contributed by atoms with E-state index >= 15 is 0 Å². The van der Waals surface area contributed by atoms with Crippen molar-refractivity contribution >= 4 is 17.4 Å². The van der Waals surface area contributed by atoms with E-state index in [1.807, 2.05) is 25.1 Å². The Balaban J connectivity index is 2.18. The Morgan fingerprint density at radius 1 is 1.35 bits per heavy atom. The lowest BCUT2D eigenvalue weighted by Gasteiger charge is -2.09. The van der Waals surface area contributed by atoms with Crippen LogP contribution in [0.1, 0.15) is 17.3 Å². The Bertz CT molecular complexity index is 493. The van der Waals surface area contributed by atoms with E-state index in [0.717, 1.165) is 12.2 Å². The van der Waals surface area contributed by atoms with Crippen molar-refractivity contribution in [3.8, 4) is 0 Å². The van der Waals surface area contributed by atoms with Crippen LogP contribution in [-0.2, 0) is 0 Å². The topological polar surface area (TPSA) is 69.8 Å². The number of aromatic nitrogens is 2. The summed E-state index contributed by atoms with van der Waals surface area (Å²) >= 11 is 0. The highest BCUT2D eigenvalue weighted by Crippen LogP contribution is 2.16. The number of benzene rings is 1. The van der Waals surface area contributed by atoms with Gasteiger partial charge < -0.3 is 10.6 Å². The standard InChI is InChI=1S/C12H14N4O/c1-2-13-10-6-4-3-5-9(10)12(17)15-11-7-8-14-16-11/h3-8,13H,2H2,1H3,(H2,14,15,16,17). The summed E-state index contributed by atoms with van der Waals surface area (Å²) in [5.41, 5.74) is 1.44. The van der Waals surface area contributed by atoms with Gasteiger partial charge in [0, 0.05) is 18.3 Å². The monoisotopic (exact) mass is 230 g/mol. The summed E-state index contributed by atoms with van der Waals surface area (Å²) in [5, 5.41) is 12.3. The maximum absolute atomic E-state index is 12.0. The first kappa shape index (κ1) is 11.2. The molecule has 0 atom stereocenters. The minimum Gasteiger partial charge on any atom is -0.385 e. The highest BCUT2D eigenvalue weighted by atomic mass is 16.1. The molecule has 0 unspecified atom stereocenters. The maximum Gasteiger partial charge on any atom is 0.258 e. The SMILES string of the molecule is CCNc1ccccc1C(=O)Nc1ccn[nH]1. The first-order valence-electron chi connectivity index (χ1n) is 5.45. The Morgan fingerprint density at radius 2 is 2.18 bits per heavy atom. The molecule has 0 spiro atoms. The molecule has 0 aliphatic carbocycles. The average Bonchev–Trinajstić information content (AvgIpc) is 2.83. The van der Waals surface area contributed by atoms with Gasteiger partial charge in [-0.2, -0.15) is 5.10 Å². The predicted molar refractivity (Wildman–Crippen MR) is 67.1 cm³/mol. The molecule has 5 heteroatoms. The number of nitrogens with zero attached hydrogens (tertiary/aromatic N) is 1. The highest BCUT2D eigenvalue weighted by Gasteiger charge is 2.10. The van der Waals surface area contributed by atoms with Crippen LogP contribution in [0.4, 0.5) is 11.5 Å². The zero-order valence-corrected chi connectivity index (χ0v) is 9.53. The molecule has 3 N–H and O–H groups in total. The van der Waals surface area contributed by atoms with Crippen LogP contribution in [0.2, 0.25) is 0 Å². The number of nitrogens with one attached hydrogen (secondary N) is 3. The van der Waals surface area contributed by atoms with E-state index < -0.39 is 0 Å². The van der Waals surface area contributed by atoms with Crippen molar-refractivity contribution in [1.82, 2.24) is 10.2 Å². The molecule has 1 aromatic carbocycles. The first-order chi connectivity index (χ1) is 8.31. The van der Waals surface area contributed by atoms with Gasteiger partial charge in [0.15, 0.2) is 0 Å². The molecule has 1 heterocycles. The third-order valence-electron chi connectivity index (χ3n) is 2.29. The van der Waals surface area contributed by atoms with Gasteiger partial charge in [-0.15, -0.1) is 0 Å². The molecule has 0 radical (unpaired) electrons. The van der Waals surface area contributed by atoms with Gasteiger partial charge in [-0.05, 0) is 19.1 Å². The number of H-pyrrole nitrogens is 1.